The van der Waals surface area contributed by atoms with Crippen molar-refractivity contribution in [2.24, 2.45) is 0 Å². The number of anilines is 3. The molecule has 3 amide bonds. The van der Waals surface area contributed by atoms with E-state index in [0.717, 1.165) is 30.5 Å². The summed E-state index contributed by atoms with van der Waals surface area (Å²) >= 11 is 0. The predicted octanol–water partition coefficient (Wildman–Crippen LogP) is 5.26. The van der Waals surface area contributed by atoms with Crippen LogP contribution in [-0.4, -0.2) is 32.7 Å². The molecular formula is C27H29N3O4. The fraction of sp³-hybridized carbons (Fsp3) is 0.259. The van der Waals surface area contributed by atoms with Gasteiger partial charge < -0.3 is 20.1 Å². The van der Waals surface area contributed by atoms with E-state index in [4.69, 9.17) is 9.47 Å². The number of rotatable bonds is 6. The maximum Gasteiger partial charge on any atom is 0.326 e. The average Bonchev–Trinajstić information content (AvgIpc) is 3.07. The van der Waals surface area contributed by atoms with Gasteiger partial charge in [-0.05, 0) is 48.6 Å². The number of para-hydroxylation sites is 1. The summed E-state index contributed by atoms with van der Waals surface area (Å²) in [6, 6.07) is 20.5. The molecule has 0 saturated carbocycles. The molecule has 0 bridgehead atoms. The summed E-state index contributed by atoms with van der Waals surface area (Å²) in [7, 11) is 3.12. The second kappa shape index (κ2) is 10.7. The number of hydrogen-bond donors (Lipinski definition) is 2. The molecule has 0 spiro atoms. The largest absolute Gasteiger partial charge is 0.497 e. The monoisotopic (exact) mass is 459 g/mol. The minimum absolute atomic E-state index is 0.146. The van der Waals surface area contributed by atoms with Crippen molar-refractivity contribution in [3.05, 3.63) is 77.9 Å². The van der Waals surface area contributed by atoms with E-state index in [1.807, 2.05) is 47.4 Å². The van der Waals surface area contributed by atoms with Crippen molar-refractivity contribution in [3.63, 3.8) is 0 Å². The number of aryl methyl sites for hydroxylation is 1. The molecule has 3 aromatic rings. The number of amides is 3. The minimum Gasteiger partial charge on any atom is -0.497 e. The van der Waals surface area contributed by atoms with Crippen LogP contribution < -0.4 is 25.0 Å². The summed E-state index contributed by atoms with van der Waals surface area (Å²) < 4.78 is 10.5. The lowest BCUT2D eigenvalue weighted by Gasteiger charge is -2.23. The van der Waals surface area contributed by atoms with E-state index in [0.29, 0.717) is 29.4 Å². The van der Waals surface area contributed by atoms with Crippen molar-refractivity contribution in [2.45, 2.75) is 25.7 Å². The molecule has 0 saturated heterocycles. The molecule has 7 heteroatoms. The lowest BCUT2D eigenvalue weighted by molar-refractivity contribution is -0.115. The smallest absolute Gasteiger partial charge is 0.326 e. The molecule has 2 N–H and O–H groups in total. The maximum atomic E-state index is 13.0. The fourth-order valence-corrected chi connectivity index (χ4v) is 4.07. The van der Waals surface area contributed by atoms with Crippen molar-refractivity contribution >= 4 is 29.0 Å². The van der Waals surface area contributed by atoms with E-state index in [-0.39, 0.29) is 18.4 Å². The predicted molar refractivity (Wildman–Crippen MR) is 134 cm³/mol. The van der Waals surface area contributed by atoms with Crippen LogP contribution in [0.5, 0.6) is 11.5 Å². The number of nitrogens with zero attached hydrogens (tertiary/aromatic N) is 1. The first-order valence-electron chi connectivity index (χ1n) is 11.3. The number of hydrogen-bond acceptors (Lipinski definition) is 4. The Labute approximate surface area is 199 Å². The third kappa shape index (κ3) is 5.67. The lowest BCUT2D eigenvalue weighted by atomic mass is 10.1. The van der Waals surface area contributed by atoms with Crippen LogP contribution in [0, 0.1) is 0 Å². The number of methoxy groups -OCH3 is 2. The quantitative estimate of drug-likeness (QED) is 0.527. The number of benzene rings is 3. The van der Waals surface area contributed by atoms with E-state index < -0.39 is 0 Å². The van der Waals surface area contributed by atoms with Gasteiger partial charge in [-0.3, -0.25) is 9.69 Å². The highest BCUT2D eigenvalue weighted by Gasteiger charge is 2.21. The van der Waals surface area contributed by atoms with Gasteiger partial charge in [0.05, 0.1) is 20.6 Å². The number of carbonyl (C=O) groups excluding carboxylic acids is 2. The van der Waals surface area contributed by atoms with Crippen molar-refractivity contribution in [1.82, 2.24) is 0 Å². The summed E-state index contributed by atoms with van der Waals surface area (Å²) in [6.07, 6.45) is 3.22. The molecule has 1 aliphatic rings. The molecule has 0 aliphatic carbocycles. The van der Waals surface area contributed by atoms with Crippen molar-refractivity contribution in [2.75, 3.05) is 36.3 Å². The molecule has 3 aromatic carbocycles. The highest BCUT2D eigenvalue weighted by Crippen LogP contribution is 2.27. The van der Waals surface area contributed by atoms with Gasteiger partial charge in [-0.15, -0.1) is 0 Å². The zero-order chi connectivity index (χ0) is 23.9. The molecule has 4 rings (SSSR count). The van der Waals surface area contributed by atoms with Gasteiger partial charge >= 0.3 is 6.03 Å². The number of nitrogens with one attached hydrogen (secondary N) is 2. The third-order valence-corrected chi connectivity index (χ3v) is 5.81. The van der Waals surface area contributed by atoms with Crippen molar-refractivity contribution in [3.8, 4) is 11.5 Å². The standard InChI is InChI=1S/C27H29N3O4/c1-33-23-16-22(17-24(18-23)34-2)28-26(31)15-19-10-12-21(13-11-19)29-27(32)30-14-6-5-8-20-7-3-4-9-25(20)30/h3-4,7,9-13,16-18H,5-6,8,14-15H2,1-2H3,(H,28,31)(H,29,32). The molecule has 1 aliphatic heterocycles. The van der Waals surface area contributed by atoms with Crippen molar-refractivity contribution < 1.29 is 19.1 Å². The maximum absolute atomic E-state index is 13.0. The van der Waals surface area contributed by atoms with Gasteiger partial charge in [-0.2, -0.15) is 0 Å². The fourth-order valence-electron chi connectivity index (χ4n) is 4.07. The van der Waals surface area contributed by atoms with Crippen LogP contribution in [0.15, 0.2) is 66.7 Å². The highest BCUT2D eigenvalue weighted by molar-refractivity contribution is 6.02. The summed E-state index contributed by atoms with van der Waals surface area (Å²) in [5, 5.41) is 5.85. The Balaban J connectivity index is 1.37. The molecule has 0 unspecified atom stereocenters. The zero-order valence-corrected chi connectivity index (χ0v) is 19.5. The Morgan fingerprint density at radius 2 is 1.56 bits per heavy atom. The summed E-state index contributed by atoms with van der Waals surface area (Å²) in [5.74, 6) is 1.04. The molecule has 7 nitrogen and oxygen atoms in total. The number of urea groups is 1. The molecule has 0 atom stereocenters. The van der Waals surface area contributed by atoms with Gasteiger partial charge in [0.25, 0.3) is 0 Å². The van der Waals surface area contributed by atoms with Crippen LogP contribution in [0.1, 0.15) is 24.0 Å². The SMILES string of the molecule is COc1cc(NC(=O)Cc2ccc(NC(=O)N3CCCCc4ccccc43)cc2)cc(OC)c1. The molecule has 0 radical (unpaired) electrons. The molecule has 1 heterocycles. The summed E-state index contributed by atoms with van der Waals surface area (Å²) in [4.78, 5) is 27.3. The number of carbonyl (C=O) groups is 2. The first kappa shape index (κ1) is 23.2. The summed E-state index contributed by atoms with van der Waals surface area (Å²) in [6.45, 7) is 0.691. The molecule has 0 aromatic heterocycles. The van der Waals surface area contributed by atoms with Crippen LogP contribution >= 0.6 is 0 Å². The molecule has 176 valence electrons. The normalized spacial score (nSPS) is 12.8. The van der Waals surface area contributed by atoms with Crippen LogP contribution in [-0.2, 0) is 17.6 Å². The Bertz CT molecular complexity index is 1140. The average molecular weight is 460 g/mol. The van der Waals surface area contributed by atoms with Crippen LogP contribution in [0.2, 0.25) is 0 Å². The van der Waals surface area contributed by atoms with Crippen LogP contribution in [0.4, 0.5) is 21.9 Å². The van der Waals surface area contributed by atoms with Gasteiger partial charge in [-0.1, -0.05) is 30.3 Å². The zero-order valence-electron chi connectivity index (χ0n) is 19.5. The first-order chi connectivity index (χ1) is 16.6. The van der Waals surface area contributed by atoms with Gasteiger partial charge in [-0.25, -0.2) is 4.79 Å². The van der Waals surface area contributed by atoms with E-state index >= 15 is 0 Å². The molecule has 34 heavy (non-hydrogen) atoms. The summed E-state index contributed by atoms with van der Waals surface area (Å²) in [5.41, 5.74) is 4.30. The first-order valence-corrected chi connectivity index (χ1v) is 11.3. The number of ether oxygens (including phenoxy) is 2. The Hall–Kier alpha value is -4.00. The highest BCUT2D eigenvalue weighted by atomic mass is 16.5. The van der Waals surface area contributed by atoms with Gasteiger partial charge in [0, 0.05) is 41.8 Å². The number of fused-ring (bicyclic) bond motifs is 1. The Morgan fingerprint density at radius 1 is 0.853 bits per heavy atom. The van der Waals surface area contributed by atoms with Gasteiger partial charge in [0.2, 0.25) is 5.91 Å². The topological polar surface area (TPSA) is 79.9 Å². The second-order valence-electron chi connectivity index (χ2n) is 8.19. The van der Waals surface area contributed by atoms with Crippen molar-refractivity contribution in [1.29, 1.82) is 0 Å². The van der Waals surface area contributed by atoms with Gasteiger partial charge in [0.1, 0.15) is 11.5 Å². The lowest BCUT2D eigenvalue weighted by Crippen LogP contribution is -2.35. The van der Waals surface area contributed by atoms with Gasteiger partial charge in [0.15, 0.2) is 0 Å². The van der Waals surface area contributed by atoms with Crippen LogP contribution in [0.25, 0.3) is 0 Å². The van der Waals surface area contributed by atoms with E-state index in [2.05, 4.69) is 16.7 Å². The van der Waals surface area contributed by atoms with E-state index in [1.54, 1.807) is 32.4 Å². The third-order valence-electron chi connectivity index (χ3n) is 5.81. The van der Waals surface area contributed by atoms with E-state index in [1.165, 1.54) is 5.56 Å². The Kier molecular flexibility index (Phi) is 7.32. The molecule has 0 fully saturated rings. The van der Waals surface area contributed by atoms with E-state index in [9.17, 15) is 9.59 Å². The Morgan fingerprint density at radius 3 is 2.26 bits per heavy atom. The second-order valence-corrected chi connectivity index (χ2v) is 8.19. The van der Waals surface area contributed by atoms with Crippen LogP contribution in [0.3, 0.4) is 0 Å². The minimum atomic E-state index is -0.159. The molecular weight excluding hydrogens is 430 g/mol.